The highest BCUT2D eigenvalue weighted by Crippen LogP contribution is 2.00. The van der Waals surface area contributed by atoms with Crippen LogP contribution in [0.25, 0.3) is 0 Å². The third kappa shape index (κ3) is 45.2. The van der Waals surface area contributed by atoms with Crippen molar-refractivity contribution in [3.05, 3.63) is 11.6 Å². The average Bonchev–Trinajstić information content (AvgIpc) is 2.18. The van der Waals surface area contributed by atoms with Crippen LogP contribution >= 0.6 is 0 Å². The molecule has 0 N–H and O–H groups in total. The molecule has 0 fully saturated rings. The molecule has 0 amide bonds. The van der Waals surface area contributed by atoms with Crippen molar-refractivity contribution < 1.29 is 4.79 Å². The van der Waals surface area contributed by atoms with Gasteiger partial charge in [0, 0.05) is 6.42 Å². The van der Waals surface area contributed by atoms with Gasteiger partial charge in [-0.2, -0.15) is 0 Å². The van der Waals surface area contributed by atoms with Crippen LogP contribution in [0.5, 0.6) is 0 Å². The van der Waals surface area contributed by atoms with E-state index in [0.29, 0.717) is 0 Å². The van der Waals surface area contributed by atoms with Crippen molar-refractivity contribution in [2.75, 3.05) is 0 Å². The van der Waals surface area contributed by atoms with Crippen LogP contribution < -0.4 is 0 Å². The zero-order chi connectivity index (χ0) is 15.0. The van der Waals surface area contributed by atoms with E-state index >= 15 is 0 Å². The molecule has 0 unspecified atom stereocenters. The number of hydrogen-bond donors (Lipinski definition) is 0. The van der Waals surface area contributed by atoms with E-state index < -0.39 is 0 Å². The number of rotatable bonds is 5. The van der Waals surface area contributed by atoms with Gasteiger partial charge in [-0.15, -0.1) is 0 Å². The molecule has 110 valence electrons. The summed E-state index contributed by atoms with van der Waals surface area (Å²) in [5.74, 6) is 1.19. The first-order chi connectivity index (χ1) is 8.31. The van der Waals surface area contributed by atoms with Crippen molar-refractivity contribution in [3.63, 3.8) is 0 Å². The van der Waals surface area contributed by atoms with Gasteiger partial charge in [-0.05, 0) is 39.5 Å². The Bertz CT molecular complexity index is 186. The van der Waals surface area contributed by atoms with Crippen LogP contribution in [0.2, 0.25) is 0 Å². The molecule has 18 heavy (non-hydrogen) atoms. The normalized spacial score (nSPS) is 8.72. The summed E-state index contributed by atoms with van der Waals surface area (Å²) in [5, 5.41) is 0. The third-order valence-corrected chi connectivity index (χ3v) is 2.08. The number of hydrogen-bond acceptors (Lipinski definition) is 1. The third-order valence-electron chi connectivity index (χ3n) is 2.08. The highest BCUT2D eigenvalue weighted by molar-refractivity contribution is 5.75. The Morgan fingerprint density at radius 2 is 1.50 bits per heavy atom. The molecule has 1 nitrogen and oxygen atoms in total. The summed E-state index contributed by atoms with van der Waals surface area (Å²) < 4.78 is 0. The van der Waals surface area contributed by atoms with Gasteiger partial charge in [0.2, 0.25) is 0 Å². The van der Waals surface area contributed by atoms with E-state index in [1.54, 1.807) is 6.92 Å². The molecule has 1 heteroatoms. The van der Waals surface area contributed by atoms with Crippen LogP contribution in [0.1, 0.15) is 87.5 Å². The van der Waals surface area contributed by atoms with Crippen LogP contribution in [0.4, 0.5) is 0 Å². The maximum Gasteiger partial charge on any atom is 0.129 e. The quantitative estimate of drug-likeness (QED) is 0.537. The molecule has 0 aliphatic rings. The largest absolute Gasteiger partial charge is 0.300 e. The fraction of sp³-hybridized carbons (Fsp3) is 0.824. The first kappa shape index (κ1) is 22.6. The zero-order valence-electron chi connectivity index (χ0n) is 14.1. The lowest BCUT2D eigenvalue weighted by Gasteiger charge is -1.95. The second kappa shape index (κ2) is 18.8. The molecule has 0 heterocycles. The Balaban J connectivity index is -0.000000187. The van der Waals surface area contributed by atoms with E-state index in [2.05, 4.69) is 47.6 Å². The highest BCUT2D eigenvalue weighted by atomic mass is 16.1. The van der Waals surface area contributed by atoms with Gasteiger partial charge < -0.3 is 4.79 Å². The molecule has 0 aliphatic carbocycles. The van der Waals surface area contributed by atoms with Gasteiger partial charge in [-0.3, -0.25) is 0 Å². The smallest absolute Gasteiger partial charge is 0.129 e. The maximum absolute atomic E-state index is 10.0. The van der Waals surface area contributed by atoms with Gasteiger partial charge in [0.05, 0.1) is 0 Å². The minimum absolute atomic E-state index is 0.289. The van der Waals surface area contributed by atoms with Crippen LogP contribution in [0.15, 0.2) is 11.6 Å². The van der Waals surface area contributed by atoms with Gasteiger partial charge in [0.25, 0.3) is 0 Å². The molecular weight excluding hydrogens is 220 g/mol. The number of carbonyl (C=O) groups is 1. The van der Waals surface area contributed by atoms with Crippen LogP contribution in [-0.4, -0.2) is 5.78 Å². The van der Waals surface area contributed by atoms with Crippen LogP contribution in [0.3, 0.4) is 0 Å². The Labute approximate surface area is 116 Å². The second-order valence-electron chi connectivity index (χ2n) is 5.32. The second-order valence-corrected chi connectivity index (χ2v) is 5.32. The number of ketones is 1. The van der Waals surface area contributed by atoms with E-state index in [-0.39, 0.29) is 5.78 Å². The molecule has 0 aromatic carbocycles. The average molecular weight is 256 g/mol. The Hall–Kier alpha value is -0.590. The van der Waals surface area contributed by atoms with Gasteiger partial charge >= 0.3 is 0 Å². The summed E-state index contributed by atoms with van der Waals surface area (Å²) in [6.07, 6.45) is 7.80. The Morgan fingerprint density at radius 1 is 1.00 bits per heavy atom. The fourth-order valence-electron chi connectivity index (χ4n) is 1.34. The van der Waals surface area contributed by atoms with Crippen molar-refractivity contribution in [3.8, 4) is 0 Å². The maximum atomic E-state index is 10.0. The standard InChI is InChI=1S/C6H14.C6H12.C5H10O/c2*1-4-5-6(2)3;1-3-4-5(2)6/h6H,4-5H2,1-3H3;5H,4H2,1-3H3;3-4H2,1-2H3. The van der Waals surface area contributed by atoms with Gasteiger partial charge in [-0.1, -0.05) is 59.1 Å². The number of carbonyl (C=O) groups excluding carboxylic acids is 1. The lowest BCUT2D eigenvalue weighted by atomic mass is 10.1. The molecule has 0 spiro atoms. The highest BCUT2D eigenvalue weighted by Gasteiger charge is 1.85. The minimum atomic E-state index is 0.289. The Kier molecular flexibility index (Phi) is 23.5. The van der Waals surface area contributed by atoms with E-state index in [4.69, 9.17) is 0 Å². The zero-order valence-corrected chi connectivity index (χ0v) is 14.1. The summed E-state index contributed by atoms with van der Waals surface area (Å²) in [4.78, 5) is 10.0. The molecule has 0 rings (SSSR count). The fourth-order valence-corrected chi connectivity index (χ4v) is 1.34. The molecule has 0 saturated heterocycles. The number of Topliss-reactive ketones (excluding diaryl/α,β-unsaturated/α-hetero) is 1. The molecule has 0 radical (unpaired) electrons. The van der Waals surface area contributed by atoms with Crippen molar-refractivity contribution in [1.82, 2.24) is 0 Å². The molecule has 0 aromatic heterocycles. The van der Waals surface area contributed by atoms with E-state index in [1.165, 1.54) is 24.8 Å². The summed E-state index contributed by atoms with van der Waals surface area (Å²) in [7, 11) is 0. The molecule has 0 atom stereocenters. The predicted molar refractivity (Wildman–Crippen MR) is 85.1 cm³/mol. The first-order valence-electron chi connectivity index (χ1n) is 7.44. The van der Waals surface area contributed by atoms with E-state index in [0.717, 1.165) is 18.8 Å². The summed E-state index contributed by atoms with van der Waals surface area (Å²) in [6.45, 7) is 16.7. The Morgan fingerprint density at radius 3 is 1.50 bits per heavy atom. The van der Waals surface area contributed by atoms with E-state index in [1.807, 2.05) is 6.92 Å². The topological polar surface area (TPSA) is 17.1 Å². The SMILES string of the molecule is CCC=C(C)C.CCCC(C)=O.CCCC(C)C. The molecule has 0 saturated carbocycles. The summed E-state index contributed by atoms with van der Waals surface area (Å²) in [5.41, 5.74) is 1.41. The summed E-state index contributed by atoms with van der Waals surface area (Å²) in [6, 6.07) is 0. The first-order valence-corrected chi connectivity index (χ1v) is 7.44. The van der Waals surface area contributed by atoms with Crippen molar-refractivity contribution in [2.24, 2.45) is 5.92 Å². The van der Waals surface area contributed by atoms with Gasteiger partial charge in [0.15, 0.2) is 0 Å². The lowest BCUT2D eigenvalue weighted by molar-refractivity contribution is -0.117. The molecule has 0 aliphatic heterocycles. The minimum Gasteiger partial charge on any atom is -0.300 e. The van der Waals surface area contributed by atoms with Crippen molar-refractivity contribution in [2.45, 2.75) is 87.5 Å². The van der Waals surface area contributed by atoms with Crippen molar-refractivity contribution in [1.29, 1.82) is 0 Å². The van der Waals surface area contributed by atoms with E-state index in [9.17, 15) is 4.79 Å². The monoisotopic (exact) mass is 256 g/mol. The summed E-state index contributed by atoms with van der Waals surface area (Å²) >= 11 is 0. The molecule has 0 aromatic rings. The van der Waals surface area contributed by atoms with Crippen molar-refractivity contribution >= 4 is 5.78 Å². The number of allylic oxidation sites excluding steroid dienone is 2. The lowest BCUT2D eigenvalue weighted by Crippen LogP contribution is -1.84. The molecular formula is C17H36O. The van der Waals surface area contributed by atoms with Gasteiger partial charge in [-0.25, -0.2) is 0 Å². The van der Waals surface area contributed by atoms with Crippen LogP contribution in [-0.2, 0) is 4.79 Å². The predicted octanol–water partition coefficient (Wildman–Crippen LogP) is 6.18. The molecule has 0 bridgehead atoms. The van der Waals surface area contributed by atoms with Crippen LogP contribution in [0, 0.1) is 5.92 Å². The van der Waals surface area contributed by atoms with Gasteiger partial charge in [0.1, 0.15) is 5.78 Å².